The van der Waals surface area contributed by atoms with E-state index in [1.165, 1.54) is 12.1 Å². The van der Waals surface area contributed by atoms with Crippen molar-refractivity contribution in [1.29, 1.82) is 0 Å². The van der Waals surface area contributed by atoms with Crippen molar-refractivity contribution in [3.05, 3.63) is 18.2 Å². The first-order valence-electron chi connectivity index (χ1n) is 6.30. The Bertz CT molecular complexity index is 630. The number of benzene rings is 1. The van der Waals surface area contributed by atoms with Crippen LogP contribution in [-0.4, -0.2) is 33.5 Å². The van der Waals surface area contributed by atoms with Crippen LogP contribution in [0.4, 0.5) is 11.4 Å². The lowest BCUT2D eigenvalue weighted by Crippen LogP contribution is -2.55. The summed E-state index contributed by atoms with van der Waals surface area (Å²) < 4.78 is 22.9. The number of primary sulfonamides is 1. The Morgan fingerprint density at radius 2 is 2.10 bits per heavy atom. The SMILES string of the molecule is CCC1C(=O)NCCN1c1cc(N)cc(S(N)(=O)=O)c1. The predicted octanol–water partition coefficient (Wildman–Crippen LogP) is -0.369. The van der Waals surface area contributed by atoms with Crippen molar-refractivity contribution in [3.8, 4) is 0 Å². The van der Waals surface area contributed by atoms with Gasteiger partial charge < -0.3 is 16.0 Å². The van der Waals surface area contributed by atoms with E-state index in [1.807, 2.05) is 11.8 Å². The van der Waals surface area contributed by atoms with Gasteiger partial charge in [-0.2, -0.15) is 0 Å². The minimum absolute atomic E-state index is 0.0478. The number of rotatable bonds is 3. The number of nitrogens with zero attached hydrogens (tertiary/aromatic N) is 1. The Kier molecular flexibility index (Phi) is 3.87. The minimum atomic E-state index is -3.83. The van der Waals surface area contributed by atoms with Gasteiger partial charge in [-0.05, 0) is 24.6 Å². The van der Waals surface area contributed by atoms with Gasteiger partial charge in [-0.1, -0.05) is 6.92 Å². The highest BCUT2D eigenvalue weighted by molar-refractivity contribution is 7.89. The van der Waals surface area contributed by atoms with E-state index in [0.29, 0.717) is 30.9 Å². The first-order valence-corrected chi connectivity index (χ1v) is 7.85. The van der Waals surface area contributed by atoms with Gasteiger partial charge in [-0.15, -0.1) is 0 Å². The molecular weight excluding hydrogens is 280 g/mol. The van der Waals surface area contributed by atoms with Crippen LogP contribution in [0.2, 0.25) is 0 Å². The first-order chi connectivity index (χ1) is 9.32. The van der Waals surface area contributed by atoms with Crippen LogP contribution in [0, 0.1) is 0 Å². The Hall–Kier alpha value is -1.80. The maximum absolute atomic E-state index is 11.8. The standard InChI is InChI=1S/C12H18N4O3S/c1-2-11-12(17)15-3-4-16(11)9-5-8(13)6-10(7-9)20(14,18)19/h5-7,11H,2-4,13H2,1H3,(H,15,17)(H2,14,18,19). The predicted molar refractivity (Wildman–Crippen MR) is 76.7 cm³/mol. The maximum Gasteiger partial charge on any atom is 0.242 e. The molecule has 1 heterocycles. The van der Waals surface area contributed by atoms with Crippen molar-refractivity contribution in [2.45, 2.75) is 24.3 Å². The fourth-order valence-electron chi connectivity index (χ4n) is 2.37. The van der Waals surface area contributed by atoms with E-state index in [1.54, 1.807) is 6.07 Å². The summed E-state index contributed by atoms with van der Waals surface area (Å²) in [6, 6.07) is 4.08. The van der Waals surface area contributed by atoms with Gasteiger partial charge in [-0.3, -0.25) is 4.79 Å². The van der Waals surface area contributed by atoms with E-state index in [-0.39, 0.29) is 16.8 Å². The Morgan fingerprint density at radius 3 is 2.70 bits per heavy atom. The van der Waals surface area contributed by atoms with Crippen molar-refractivity contribution < 1.29 is 13.2 Å². The van der Waals surface area contributed by atoms with Gasteiger partial charge >= 0.3 is 0 Å². The summed E-state index contributed by atoms with van der Waals surface area (Å²) in [5, 5.41) is 7.92. The summed E-state index contributed by atoms with van der Waals surface area (Å²) in [4.78, 5) is 13.7. The molecule has 2 rings (SSSR count). The second-order valence-corrected chi connectivity index (χ2v) is 6.28. The molecule has 1 saturated heterocycles. The molecule has 5 N–H and O–H groups in total. The number of piperazine rings is 1. The van der Waals surface area contributed by atoms with Crippen LogP contribution in [0.5, 0.6) is 0 Å². The molecule has 1 aromatic carbocycles. The monoisotopic (exact) mass is 298 g/mol. The number of hydrogen-bond acceptors (Lipinski definition) is 5. The van der Waals surface area contributed by atoms with Gasteiger partial charge in [0.2, 0.25) is 15.9 Å². The molecule has 1 atom stereocenters. The van der Waals surface area contributed by atoms with Crippen molar-refractivity contribution in [2.24, 2.45) is 5.14 Å². The highest BCUT2D eigenvalue weighted by Crippen LogP contribution is 2.26. The Morgan fingerprint density at radius 1 is 1.40 bits per heavy atom. The molecule has 1 aliphatic heterocycles. The van der Waals surface area contributed by atoms with E-state index < -0.39 is 10.0 Å². The second kappa shape index (κ2) is 5.29. The average Bonchev–Trinajstić information content (AvgIpc) is 2.36. The van der Waals surface area contributed by atoms with Crippen molar-refractivity contribution in [2.75, 3.05) is 23.7 Å². The van der Waals surface area contributed by atoms with Gasteiger partial charge in [0, 0.05) is 24.5 Å². The van der Waals surface area contributed by atoms with Gasteiger partial charge in [0.15, 0.2) is 0 Å². The summed E-state index contributed by atoms with van der Waals surface area (Å²) in [5.74, 6) is -0.0710. The molecular formula is C12H18N4O3S. The fraction of sp³-hybridized carbons (Fsp3) is 0.417. The Balaban J connectivity index is 2.46. The third-order valence-corrected chi connectivity index (χ3v) is 4.18. The van der Waals surface area contributed by atoms with E-state index in [9.17, 15) is 13.2 Å². The summed E-state index contributed by atoms with van der Waals surface area (Å²) in [6.45, 7) is 3.00. The van der Waals surface area contributed by atoms with Gasteiger partial charge in [0.25, 0.3) is 0 Å². The normalized spacial score (nSPS) is 19.8. The molecule has 0 aliphatic carbocycles. The number of anilines is 2. The lowest BCUT2D eigenvalue weighted by atomic mass is 10.1. The fourth-order valence-corrected chi connectivity index (χ4v) is 2.95. The minimum Gasteiger partial charge on any atom is -0.399 e. The van der Waals surface area contributed by atoms with Crippen LogP contribution < -0.4 is 21.1 Å². The molecule has 0 aromatic heterocycles. The molecule has 1 fully saturated rings. The lowest BCUT2D eigenvalue weighted by Gasteiger charge is -2.36. The number of carbonyl (C=O) groups is 1. The Labute approximate surface area is 118 Å². The third kappa shape index (κ3) is 2.86. The quantitative estimate of drug-likeness (QED) is 0.658. The summed E-state index contributed by atoms with van der Waals surface area (Å²) in [5.41, 5.74) is 6.63. The van der Waals surface area contributed by atoms with Crippen LogP contribution in [0.15, 0.2) is 23.1 Å². The summed E-state index contributed by atoms with van der Waals surface area (Å²) in [6.07, 6.45) is 0.616. The highest BCUT2D eigenvalue weighted by atomic mass is 32.2. The van der Waals surface area contributed by atoms with Crippen LogP contribution >= 0.6 is 0 Å². The van der Waals surface area contributed by atoms with Crippen LogP contribution in [0.1, 0.15) is 13.3 Å². The number of nitrogens with one attached hydrogen (secondary N) is 1. The zero-order valence-electron chi connectivity index (χ0n) is 11.2. The molecule has 0 radical (unpaired) electrons. The summed E-state index contributed by atoms with van der Waals surface area (Å²) >= 11 is 0. The van der Waals surface area contributed by atoms with Crippen LogP contribution in [-0.2, 0) is 14.8 Å². The molecule has 1 aromatic rings. The number of nitrogens with two attached hydrogens (primary N) is 2. The van der Waals surface area contributed by atoms with Crippen molar-refractivity contribution in [1.82, 2.24) is 5.32 Å². The molecule has 8 heteroatoms. The zero-order chi connectivity index (χ0) is 14.9. The van der Waals surface area contributed by atoms with E-state index in [4.69, 9.17) is 10.9 Å². The molecule has 1 unspecified atom stereocenters. The molecule has 1 aliphatic rings. The van der Waals surface area contributed by atoms with Gasteiger partial charge in [0.05, 0.1) is 4.90 Å². The number of carbonyl (C=O) groups excluding carboxylic acids is 1. The highest BCUT2D eigenvalue weighted by Gasteiger charge is 2.28. The first kappa shape index (κ1) is 14.6. The number of nitrogen functional groups attached to an aromatic ring is 1. The summed E-state index contributed by atoms with van der Waals surface area (Å²) in [7, 11) is -3.83. The molecule has 0 bridgehead atoms. The van der Waals surface area contributed by atoms with Crippen molar-refractivity contribution >= 4 is 27.3 Å². The molecule has 20 heavy (non-hydrogen) atoms. The molecule has 1 amide bonds. The van der Waals surface area contributed by atoms with Crippen LogP contribution in [0.3, 0.4) is 0 Å². The van der Waals surface area contributed by atoms with Crippen molar-refractivity contribution in [3.63, 3.8) is 0 Å². The third-order valence-electron chi connectivity index (χ3n) is 3.29. The topological polar surface area (TPSA) is 119 Å². The molecule has 110 valence electrons. The largest absolute Gasteiger partial charge is 0.399 e. The van der Waals surface area contributed by atoms with Gasteiger partial charge in [-0.25, -0.2) is 13.6 Å². The van der Waals surface area contributed by atoms with E-state index >= 15 is 0 Å². The molecule has 0 spiro atoms. The van der Waals surface area contributed by atoms with Crippen LogP contribution in [0.25, 0.3) is 0 Å². The number of hydrogen-bond donors (Lipinski definition) is 3. The second-order valence-electron chi connectivity index (χ2n) is 4.71. The average molecular weight is 298 g/mol. The zero-order valence-corrected chi connectivity index (χ0v) is 12.0. The number of amides is 1. The van der Waals surface area contributed by atoms with Gasteiger partial charge in [0.1, 0.15) is 6.04 Å². The molecule has 0 saturated carbocycles. The maximum atomic E-state index is 11.8. The van der Waals surface area contributed by atoms with E-state index in [0.717, 1.165) is 0 Å². The molecule has 7 nitrogen and oxygen atoms in total. The van der Waals surface area contributed by atoms with E-state index in [2.05, 4.69) is 5.32 Å². The lowest BCUT2D eigenvalue weighted by molar-refractivity contribution is -0.123. The number of sulfonamides is 1. The smallest absolute Gasteiger partial charge is 0.242 e.